The van der Waals surface area contributed by atoms with Crippen LogP contribution in [0.4, 0.5) is 5.69 Å². The quantitative estimate of drug-likeness (QED) is 0.724. The molecule has 0 atom stereocenters. The minimum atomic E-state index is -3.83. The third kappa shape index (κ3) is 3.39. The van der Waals surface area contributed by atoms with Crippen molar-refractivity contribution in [3.8, 4) is 11.1 Å². The summed E-state index contributed by atoms with van der Waals surface area (Å²) in [6.07, 6.45) is 1.49. The third-order valence-corrected chi connectivity index (χ3v) is 7.13. The highest BCUT2D eigenvalue weighted by Gasteiger charge is 2.22. The second kappa shape index (κ2) is 6.37. The fourth-order valence-corrected chi connectivity index (χ4v) is 5.17. The van der Waals surface area contributed by atoms with Crippen LogP contribution in [-0.4, -0.2) is 16.8 Å². The first kappa shape index (κ1) is 17.5. The first-order valence-electron chi connectivity index (χ1n) is 8.11. The molecule has 1 aliphatic rings. The highest BCUT2D eigenvalue weighted by Crippen LogP contribution is 2.30. The van der Waals surface area contributed by atoms with E-state index in [2.05, 4.69) is 4.72 Å². The monoisotopic (exact) mass is 397 g/mol. The predicted molar refractivity (Wildman–Crippen MR) is 105 cm³/mol. The molecule has 0 spiro atoms. The second-order valence-corrected chi connectivity index (χ2v) is 9.58. The van der Waals surface area contributed by atoms with Crippen LogP contribution in [0.1, 0.15) is 5.56 Å². The fraction of sp³-hybridized carbons (Fsp3) is 0. The molecule has 3 aromatic carbocycles. The van der Waals surface area contributed by atoms with E-state index in [1.165, 1.54) is 24.3 Å². The lowest BCUT2D eigenvalue weighted by Gasteiger charge is -2.10. The summed E-state index contributed by atoms with van der Waals surface area (Å²) in [4.78, 5) is 0.200. The van der Waals surface area contributed by atoms with E-state index in [1.54, 1.807) is 24.3 Å². The molecule has 0 bridgehead atoms. The van der Waals surface area contributed by atoms with Gasteiger partial charge in [-0.25, -0.2) is 16.8 Å². The average Bonchev–Trinajstić information content (AvgIpc) is 2.97. The molecule has 27 heavy (non-hydrogen) atoms. The van der Waals surface area contributed by atoms with E-state index in [0.717, 1.165) is 16.5 Å². The number of sulfonamides is 1. The van der Waals surface area contributed by atoms with Crippen LogP contribution >= 0.6 is 0 Å². The van der Waals surface area contributed by atoms with E-state index in [1.807, 2.05) is 30.3 Å². The summed E-state index contributed by atoms with van der Waals surface area (Å²) in [6, 6.07) is 20.6. The normalized spacial score (nSPS) is 14.7. The Morgan fingerprint density at radius 1 is 0.778 bits per heavy atom. The Bertz CT molecular complexity index is 1250. The van der Waals surface area contributed by atoms with Gasteiger partial charge in [0.15, 0.2) is 0 Å². The van der Waals surface area contributed by atoms with Crippen LogP contribution in [0.3, 0.4) is 0 Å². The summed E-state index contributed by atoms with van der Waals surface area (Å²) in [5.74, 6) is 0. The Morgan fingerprint density at radius 3 is 2.15 bits per heavy atom. The van der Waals surface area contributed by atoms with Crippen LogP contribution in [-0.2, 0) is 19.9 Å². The van der Waals surface area contributed by atoms with Crippen LogP contribution in [0.15, 0.2) is 88.0 Å². The summed E-state index contributed by atoms with van der Waals surface area (Å²) < 4.78 is 51.6. The van der Waals surface area contributed by atoms with E-state index >= 15 is 0 Å². The molecule has 1 N–H and O–H groups in total. The molecule has 136 valence electrons. The number of hydrogen-bond donors (Lipinski definition) is 1. The number of nitrogens with one attached hydrogen (secondary N) is 1. The van der Waals surface area contributed by atoms with Crippen LogP contribution in [0.2, 0.25) is 0 Å². The van der Waals surface area contributed by atoms with Crippen molar-refractivity contribution < 1.29 is 16.8 Å². The molecular formula is C20H15NO4S2. The fourth-order valence-electron chi connectivity index (χ4n) is 2.89. The first-order chi connectivity index (χ1) is 12.9. The summed E-state index contributed by atoms with van der Waals surface area (Å²) in [7, 11) is -7.33. The Kier molecular flexibility index (Phi) is 4.13. The molecule has 0 saturated heterocycles. The van der Waals surface area contributed by atoms with Crippen molar-refractivity contribution >= 4 is 31.6 Å². The molecule has 4 rings (SSSR count). The van der Waals surface area contributed by atoms with Gasteiger partial charge in [0.25, 0.3) is 10.0 Å². The highest BCUT2D eigenvalue weighted by molar-refractivity contribution is 7.95. The molecule has 0 aliphatic carbocycles. The van der Waals surface area contributed by atoms with Gasteiger partial charge < -0.3 is 0 Å². The summed E-state index contributed by atoms with van der Waals surface area (Å²) in [6.45, 7) is 0. The molecule has 0 fully saturated rings. The molecule has 1 aliphatic heterocycles. The van der Waals surface area contributed by atoms with Crippen LogP contribution < -0.4 is 4.72 Å². The number of anilines is 1. The number of fused-ring (bicyclic) bond motifs is 1. The van der Waals surface area contributed by atoms with Gasteiger partial charge >= 0.3 is 0 Å². The Balaban J connectivity index is 1.61. The topological polar surface area (TPSA) is 80.3 Å². The van der Waals surface area contributed by atoms with Crippen LogP contribution in [0.5, 0.6) is 0 Å². The van der Waals surface area contributed by atoms with Gasteiger partial charge in [-0.2, -0.15) is 0 Å². The molecule has 7 heteroatoms. The summed E-state index contributed by atoms with van der Waals surface area (Å²) in [5, 5.41) is 1.11. The maximum Gasteiger partial charge on any atom is 0.261 e. The molecule has 3 aromatic rings. The zero-order chi connectivity index (χ0) is 19.1. The smallest absolute Gasteiger partial charge is 0.261 e. The predicted octanol–water partition coefficient (Wildman–Crippen LogP) is 3.91. The Morgan fingerprint density at radius 2 is 1.44 bits per heavy atom. The largest absolute Gasteiger partial charge is 0.280 e. The zero-order valence-corrected chi connectivity index (χ0v) is 15.7. The Hall–Kier alpha value is -2.90. The Labute approximate surface area is 158 Å². The van der Waals surface area contributed by atoms with Gasteiger partial charge in [-0.3, -0.25) is 4.72 Å². The van der Waals surface area contributed by atoms with Gasteiger partial charge in [0.2, 0.25) is 9.84 Å². The standard InChI is InChI=1S/C20H15NO4S2/c22-26(23)13-12-17-6-9-18(14-20(17)26)21-27(24,25)19-10-7-16(8-11-19)15-4-2-1-3-5-15/h1-14,21H. The molecule has 0 radical (unpaired) electrons. The van der Waals surface area contributed by atoms with E-state index in [0.29, 0.717) is 5.56 Å². The van der Waals surface area contributed by atoms with Gasteiger partial charge in [0.1, 0.15) is 0 Å². The SMILES string of the molecule is O=S1(=O)C=Cc2ccc(NS(=O)(=O)c3ccc(-c4ccccc4)cc3)cc21. The minimum absolute atomic E-state index is 0.0992. The van der Waals surface area contributed by atoms with Crippen molar-refractivity contribution in [3.63, 3.8) is 0 Å². The number of rotatable bonds is 4. The maximum atomic E-state index is 12.6. The van der Waals surface area contributed by atoms with E-state index in [4.69, 9.17) is 0 Å². The number of benzene rings is 3. The first-order valence-corrected chi connectivity index (χ1v) is 11.1. The minimum Gasteiger partial charge on any atom is -0.280 e. The molecule has 5 nitrogen and oxygen atoms in total. The van der Waals surface area contributed by atoms with Gasteiger partial charge in [-0.1, -0.05) is 48.5 Å². The second-order valence-electron chi connectivity index (χ2n) is 6.10. The van der Waals surface area contributed by atoms with Gasteiger partial charge in [0, 0.05) is 5.41 Å². The summed E-state index contributed by atoms with van der Waals surface area (Å²) >= 11 is 0. The lowest BCUT2D eigenvalue weighted by atomic mass is 10.1. The van der Waals surface area contributed by atoms with Crippen molar-refractivity contribution in [1.29, 1.82) is 0 Å². The van der Waals surface area contributed by atoms with E-state index in [-0.39, 0.29) is 15.5 Å². The number of sulfone groups is 1. The van der Waals surface area contributed by atoms with Gasteiger partial charge in [-0.15, -0.1) is 0 Å². The lowest BCUT2D eigenvalue weighted by Crippen LogP contribution is -2.13. The van der Waals surface area contributed by atoms with Gasteiger partial charge in [-0.05, 0) is 47.0 Å². The molecule has 0 aromatic heterocycles. The van der Waals surface area contributed by atoms with Crippen molar-refractivity contribution in [3.05, 3.63) is 83.8 Å². The highest BCUT2D eigenvalue weighted by atomic mass is 32.2. The third-order valence-electron chi connectivity index (χ3n) is 4.27. The van der Waals surface area contributed by atoms with Crippen LogP contribution in [0.25, 0.3) is 17.2 Å². The maximum absolute atomic E-state index is 12.6. The van der Waals surface area contributed by atoms with Crippen LogP contribution in [0, 0.1) is 0 Å². The van der Waals surface area contributed by atoms with E-state index < -0.39 is 19.9 Å². The van der Waals surface area contributed by atoms with Crippen molar-refractivity contribution in [1.82, 2.24) is 0 Å². The van der Waals surface area contributed by atoms with Crippen molar-refractivity contribution in [2.75, 3.05) is 4.72 Å². The molecular weight excluding hydrogens is 382 g/mol. The average molecular weight is 397 g/mol. The number of hydrogen-bond acceptors (Lipinski definition) is 4. The summed E-state index contributed by atoms with van der Waals surface area (Å²) in [5.41, 5.74) is 2.65. The lowest BCUT2D eigenvalue weighted by molar-refractivity contribution is 0.600. The molecule has 0 saturated carbocycles. The van der Waals surface area contributed by atoms with E-state index in [9.17, 15) is 16.8 Å². The molecule has 0 amide bonds. The zero-order valence-electron chi connectivity index (χ0n) is 14.0. The van der Waals surface area contributed by atoms with Crippen molar-refractivity contribution in [2.24, 2.45) is 0 Å². The molecule has 1 heterocycles. The van der Waals surface area contributed by atoms with Crippen molar-refractivity contribution in [2.45, 2.75) is 9.79 Å². The van der Waals surface area contributed by atoms with Gasteiger partial charge in [0.05, 0.1) is 15.5 Å². The molecule has 0 unspecified atom stereocenters.